The summed E-state index contributed by atoms with van der Waals surface area (Å²) in [7, 11) is 1.81. The largest absolute Gasteiger partial charge is 0.378 e. The molecule has 1 saturated heterocycles. The molecule has 0 saturated carbocycles. The third kappa shape index (κ3) is 3.26. The first-order chi connectivity index (χ1) is 13.2. The highest BCUT2D eigenvalue weighted by molar-refractivity contribution is 6.15. The van der Waals surface area contributed by atoms with Gasteiger partial charge in [-0.2, -0.15) is 0 Å². The molecule has 3 aromatic rings. The van der Waals surface area contributed by atoms with Crippen LogP contribution in [0.1, 0.15) is 15.9 Å². The van der Waals surface area contributed by atoms with Crippen LogP contribution in [0.15, 0.2) is 54.7 Å². The van der Waals surface area contributed by atoms with E-state index >= 15 is 0 Å². The average molecular weight is 361 g/mol. The molecule has 4 rings (SSSR count). The second-order valence-electron chi connectivity index (χ2n) is 6.79. The van der Waals surface area contributed by atoms with E-state index in [4.69, 9.17) is 4.74 Å². The summed E-state index contributed by atoms with van der Waals surface area (Å²) in [4.78, 5) is 21.9. The van der Waals surface area contributed by atoms with Crippen LogP contribution in [0.5, 0.6) is 0 Å². The van der Waals surface area contributed by atoms with Crippen LogP contribution in [0, 0.1) is 6.92 Å². The average Bonchev–Trinajstić information content (AvgIpc) is 2.73. The molecule has 2 heterocycles. The molecule has 1 fully saturated rings. The molecule has 2 aromatic carbocycles. The molecule has 0 radical (unpaired) electrons. The first kappa shape index (κ1) is 17.5. The molecule has 5 heteroatoms. The second kappa shape index (κ2) is 7.37. The van der Waals surface area contributed by atoms with Gasteiger partial charge in [-0.15, -0.1) is 0 Å². The first-order valence-corrected chi connectivity index (χ1v) is 9.21. The maximum absolute atomic E-state index is 13.3. The molecule has 0 atom stereocenters. The van der Waals surface area contributed by atoms with E-state index in [0.29, 0.717) is 18.8 Å². The van der Waals surface area contributed by atoms with Gasteiger partial charge in [0.15, 0.2) is 0 Å². The van der Waals surface area contributed by atoms with Crippen LogP contribution < -0.4 is 9.80 Å². The van der Waals surface area contributed by atoms with Gasteiger partial charge in [0, 0.05) is 37.4 Å². The predicted molar refractivity (Wildman–Crippen MR) is 109 cm³/mol. The van der Waals surface area contributed by atoms with E-state index in [9.17, 15) is 4.79 Å². The molecule has 0 aliphatic carbocycles. The minimum atomic E-state index is -0.0541. The number of aromatic nitrogens is 1. The van der Waals surface area contributed by atoms with Gasteiger partial charge in [0.25, 0.3) is 5.91 Å². The number of amides is 1. The molecule has 1 aliphatic heterocycles. The number of fused-ring (bicyclic) bond motifs is 1. The number of para-hydroxylation sites is 1. The lowest BCUT2D eigenvalue weighted by Crippen LogP contribution is -2.37. The van der Waals surface area contributed by atoms with Crippen LogP contribution in [-0.2, 0) is 4.74 Å². The van der Waals surface area contributed by atoms with Crippen molar-refractivity contribution in [3.05, 3.63) is 65.9 Å². The van der Waals surface area contributed by atoms with E-state index in [1.165, 1.54) is 0 Å². The van der Waals surface area contributed by atoms with Crippen molar-refractivity contribution in [1.29, 1.82) is 0 Å². The number of hydrogen-bond donors (Lipinski definition) is 0. The van der Waals surface area contributed by atoms with E-state index in [1.807, 2.05) is 62.5 Å². The van der Waals surface area contributed by atoms with E-state index in [1.54, 1.807) is 11.1 Å². The number of morpholine rings is 1. The third-order valence-corrected chi connectivity index (χ3v) is 5.10. The summed E-state index contributed by atoms with van der Waals surface area (Å²) < 4.78 is 5.46. The van der Waals surface area contributed by atoms with Crippen LogP contribution in [0.4, 0.5) is 11.5 Å². The van der Waals surface area contributed by atoms with Crippen molar-refractivity contribution in [3.63, 3.8) is 0 Å². The number of nitrogens with zero attached hydrogens (tertiary/aromatic N) is 3. The number of aryl methyl sites for hydroxylation is 1. The Morgan fingerprint density at radius 2 is 1.70 bits per heavy atom. The van der Waals surface area contributed by atoms with Crippen molar-refractivity contribution >= 4 is 28.2 Å². The Labute approximate surface area is 159 Å². The number of ether oxygens (including phenoxy) is 1. The number of carbonyl (C=O) groups is 1. The number of carbonyl (C=O) groups excluding carboxylic acids is 1. The summed E-state index contributed by atoms with van der Waals surface area (Å²) in [6, 6.07) is 15.9. The van der Waals surface area contributed by atoms with Gasteiger partial charge in [0.1, 0.15) is 5.82 Å². The highest BCUT2D eigenvalue weighted by Gasteiger charge is 2.21. The van der Waals surface area contributed by atoms with Crippen LogP contribution in [0.25, 0.3) is 10.8 Å². The fraction of sp³-hybridized carbons (Fsp3) is 0.273. The maximum atomic E-state index is 13.3. The minimum Gasteiger partial charge on any atom is -0.378 e. The van der Waals surface area contributed by atoms with Crippen molar-refractivity contribution < 1.29 is 9.53 Å². The molecular weight excluding hydrogens is 338 g/mol. The monoisotopic (exact) mass is 361 g/mol. The summed E-state index contributed by atoms with van der Waals surface area (Å²) >= 11 is 0. The molecule has 0 spiro atoms. The van der Waals surface area contributed by atoms with Crippen LogP contribution >= 0.6 is 0 Å². The molecule has 1 aromatic heterocycles. The summed E-state index contributed by atoms with van der Waals surface area (Å²) in [6.07, 6.45) is 1.71. The van der Waals surface area contributed by atoms with Crippen LogP contribution in [0.2, 0.25) is 0 Å². The number of hydrogen-bond acceptors (Lipinski definition) is 4. The quantitative estimate of drug-likeness (QED) is 0.714. The van der Waals surface area contributed by atoms with Gasteiger partial charge >= 0.3 is 0 Å². The van der Waals surface area contributed by atoms with E-state index in [-0.39, 0.29) is 5.91 Å². The SMILES string of the molecule is Cc1ccccc1N(C)C(=O)c1cnc(N2CCOCC2)c2ccccc12. The van der Waals surface area contributed by atoms with Crippen molar-refractivity contribution in [2.24, 2.45) is 0 Å². The Balaban J connectivity index is 1.76. The fourth-order valence-electron chi connectivity index (χ4n) is 3.61. The number of benzene rings is 2. The molecule has 5 nitrogen and oxygen atoms in total. The van der Waals surface area contributed by atoms with Gasteiger partial charge in [-0.3, -0.25) is 4.79 Å². The van der Waals surface area contributed by atoms with Gasteiger partial charge in [0.2, 0.25) is 0 Å². The molecule has 0 N–H and O–H groups in total. The second-order valence-corrected chi connectivity index (χ2v) is 6.79. The highest BCUT2D eigenvalue weighted by Crippen LogP contribution is 2.29. The van der Waals surface area contributed by atoms with Crippen molar-refractivity contribution in [2.75, 3.05) is 43.2 Å². The fourth-order valence-corrected chi connectivity index (χ4v) is 3.61. The van der Waals surface area contributed by atoms with Gasteiger partial charge in [0.05, 0.1) is 18.8 Å². The summed E-state index contributed by atoms with van der Waals surface area (Å²) in [6.45, 7) is 5.04. The standard InChI is InChI=1S/C22H23N3O2/c1-16-7-3-6-10-20(16)24(2)22(26)19-15-23-21(25-11-13-27-14-12-25)18-9-5-4-8-17(18)19/h3-10,15H,11-14H2,1-2H3. The van der Waals surface area contributed by atoms with Crippen molar-refractivity contribution in [3.8, 4) is 0 Å². The molecule has 0 bridgehead atoms. The predicted octanol–water partition coefficient (Wildman–Crippen LogP) is 3.66. The highest BCUT2D eigenvalue weighted by atomic mass is 16.5. The van der Waals surface area contributed by atoms with Gasteiger partial charge < -0.3 is 14.5 Å². The Morgan fingerprint density at radius 1 is 1.04 bits per heavy atom. The van der Waals surface area contributed by atoms with E-state index in [0.717, 1.165) is 40.9 Å². The third-order valence-electron chi connectivity index (χ3n) is 5.10. The maximum Gasteiger partial charge on any atom is 0.260 e. The Kier molecular flexibility index (Phi) is 4.77. The normalized spacial score (nSPS) is 14.4. The molecule has 0 unspecified atom stereocenters. The van der Waals surface area contributed by atoms with E-state index in [2.05, 4.69) is 9.88 Å². The molecule has 27 heavy (non-hydrogen) atoms. The van der Waals surface area contributed by atoms with Gasteiger partial charge in [-0.25, -0.2) is 4.98 Å². The topological polar surface area (TPSA) is 45.7 Å². The lowest BCUT2D eigenvalue weighted by atomic mass is 10.0. The Bertz CT molecular complexity index is 980. The van der Waals surface area contributed by atoms with Gasteiger partial charge in [-0.1, -0.05) is 42.5 Å². The molecule has 1 aliphatic rings. The summed E-state index contributed by atoms with van der Waals surface area (Å²) in [5.74, 6) is 0.866. The number of pyridine rings is 1. The van der Waals surface area contributed by atoms with Crippen LogP contribution in [-0.4, -0.2) is 44.2 Å². The lowest BCUT2D eigenvalue weighted by molar-refractivity contribution is 0.0994. The van der Waals surface area contributed by atoms with Crippen molar-refractivity contribution in [1.82, 2.24) is 4.98 Å². The zero-order valence-electron chi connectivity index (χ0n) is 15.7. The number of anilines is 2. The lowest BCUT2D eigenvalue weighted by Gasteiger charge is -2.29. The minimum absolute atomic E-state index is 0.0541. The smallest absolute Gasteiger partial charge is 0.260 e. The zero-order chi connectivity index (χ0) is 18.8. The molecule has 1 amide bonds. The summed E-state index contributed by atoms with van der Waals surface area (Å²) in [5.41, 5.74) is 2.59. The molecular formula is C22H23N3O2. The zero-order valence-corrected chi connectivity index (χ0v) is 15.7. The van der Waals surface area contributed by atoms with Crippen molar-refractivity contribution in [2.45, 2.75) is 6.92 Å². The molecule has 138 valence electrons. The summed E-state index contributed by atoms with van der Waals surface area (Å²) in [5, 5.41) is 1.93. The Morgan fingerprint density at radius 3 is 2.44 bits per heavy atom. The first-order valence-electron chi connectivity index (χ1n) is 9.21. The Hall–Kier alpha value is -2.92. The van der Waals surface area contributed by atoms with Gasteiger partial charge in [-0.05, 0) is 23.9 Å². The van der Waals surface area contributed by atoms with E-state index < -0.39 is 0 Å². The number of rotatable bonds is 3. The van der Waals surface area contributed by atoms with Crippen LogP contribution in [0.3, 0.4) is 0 Å².